The number of aryl methyl sites for hydroxylation is 1. The zero-order valence-electron chi connectivity index (χ0n) is 9.53. The number of phenolic OH excluding ortho intramolecular Hbond substituents is 1. The van der Waals surface area contributed by atoms with Crippen molar-refractivity contribution < 1.29 is 5.11 Å². The Hall–Kier alpha value is -1.83. The first kappa shape index (κ1) is 10.3. The molecule has 2 heteroatoms. The van der Waals surface area contributed by atoms with Gasteiger partial charge in [-0.05, 0) is 67.1 Å². The zero-order chi connectivity index (χ0) is 11.7. The van der Waals surface area contributed by atoms with Crippen LogP contribution in [-0.2, 0) is 12.8 Å². The third kappa shape index (κ3) is 1.80. The summed E-state index contributed by atoms with van der Waals surface area (Å²) in [7, 11) is 0. The molecule has 3 rings (SSSR count). The molecule has 17 heavy (non-hydrogen) atoms. The molecule has 1 N–H and O–H groups in total. The molecule has 0 unspecified atom stereocenters. The lowest BCUT2D eigenvalue weighted by Crippen LogP contribution is -2.05. The number of fused-ring (bicyclic) bond motifs is 1. The van der Waals surface area contributed by atoms with E-state index in [1.54, 1.807) is 12.1 Å². The maximum atomic E-state index is 9.86. The Morgan fingerprint density at radius 2 is 2.12 bits per heavy atom. The number of rotatable bonds is 1. The Bertz CT molecular complexity index is 548. The first-order chi connectivity index (χ1) is 8.36. The van der Waals surface area contributed by atoms with Crippen molar-refractivity contribution in [3.05, 3.63) is 47.7 Å². The Labute approximate surface area is 101 Å². The molecule has 1 aromatic heterocycles. The van der Waals surface area contributed by atoms with Crippen molar-refractivity contribution >= 4 is 0 Å². The highest BCUT2D eigenvalue weighted by Gasteiger charge is 2.16. The SMILES string of the molecule is Oc1c[c]c[c]c1-c1nccc2c1CCCC2. The maximum absolute atomic E-state index is 9.86. The van der Waals surface area contributed by atoms with Gasteiger partial charge >= 0.3 is 0 Å². The van der Waals surface area contributed by atoms with Crippen molar-refractivity contribution in [1.82, 2.24) is 4.98 Å². The smallest absolute Gasteiger partial charge is 0.126 e. The fraction of sp³-hybridized carbons (Fsp3) is 0.267. The fourth-order valence-electron chi connectivity index (χ4n) is 2.45. The van der Waals surface area contributed by atoms with Crippen molar-refractivity contribution in [2.75, 3.05) is 0 Å². The molecule has 0 atom stereocenters. The van der Waals surface area contributed by atoms with Crippen LogP contribution in [0, 0.1) is 12.1 Å². The van der Waals surface area contributed by atoms with Gasteiger partial charge in [-0.2, -0.15) is 0 Å². The largest absolute Gasteiger partial charge is 0.507 e. The number of aromatic nitrogens is 1. The molecular weight excluding hydrogens is 210 g/mol. The Morgan fingerprint density at radius 1 is 1.24 bits per heavy atom. The molecule has 2 aromatic rings. The van der Waals surface area contributed by atoms with Gasteiger partial charge in [-0.15, -0.1) is 0 Å². The van der Waals surface area contributed by atoms with Gasteiger partial charge in [-0.3, -0.25) is 4.98 Å². The number of nitrogens with zero attached hydrogens (tertiary/aromatic N) is 1. The Balaban J connectivity index is 2.18. The molecule has 0 aliphatic heterocycles. The minimum absolute atomic E-state index is 0.207. The molecule has 0 saturated heterocycles. The lowest BCUT2D eigenvalue weighted by atomic mass is 9.89. The summed E-state index contributed by atoms with van der Waals surface area (Å²) in [6.07, 6.45) is 6.43. The molecule has 0 spiro atoms. The number of aromatic hydroxyl groups is 1. The van der Waals surface area contributed by atoms with Crippen LogP contribution < -0.4 is 0 Å². The highest BCUT2D eigenvalue weighted by atomic mass is 16.3. The van der Waals surface area contributed by atoms with E-state index in [0.29, 0.717) is 5.56 Å². The van der Waals surface area contributed by atoms with E-state index in [1.165, 1.54) is 24.0 Å². The summed E-state index contributed by atoms with van der Waals surface area (Å²) in [6, 6.07) is 11.2. The normalized spacial score (nSPS) is 14.4. The van der Waals surface area contributed by atoms with Crippen LogP contribution in [0.15, 0.2) is 24.4 Å². The monoisotopic (exact) mass is 223 g/mol. The second kappa shape index (κ2) is 4.21. The molecule has 0 fully saturated rings. The van der Waals surface area contributed by atoms with Crippen molar-refractivity contribution in [1.29, 1.82) is 0 Å². The van der Waals surface area contributed by atoms with Gasteiger partial charge in [0.05, 0.1) is 11.3 Å². The van der Waals surface area contributed by atoms with Crippen LogP contribution in [-0.4, -0.2) is 10.1 Å². The molecule has 0 bridgehead atoms. The van der Waals surface area contributed by atoms with Gasteiger partial charge < -0.3 is 5.11 Å². The van der Waals surface area contributed by atoms with E-state index < -0.39 is 0 Å². The van der Waals surface area contributed by atoms with Gasteiger partial charge in [0.15, 0.2) is 0 Å². The third-order valence-corrected chi connectivity index (χ3v) is 3.29. The average Bonchev–Trinajstić information content (AvgIpc) is 2.39. The molecule has 1 aliphatic rings. The summed E-state index contributed by atoms with van der Waals surface area (Å²) in [6.45, 7) is 0. The van der Waals surface area contributed by atoms with Gasteiger partial charge in [0.2, 0.25) is 0 Å². The summed E-state index contributed by atoms with van der Waals surface area (Å²) in [5.41, 5.74) is 4.22. The lowest BCUT2D eigenvalue weighted by Gasteiger charge is -2.18. The van der Waals surface area contributed by atoms with Crippen molar-refractivity contribution in [3.8, 4) is 17.0 Å². The van der Waals surface area contributed by atoms with Crippen LogP contribution in [0.5, 0.6) is 5.75 Å². The van der Waals surface area contributed by atoms with E-state index in [1.807, 2.05) is 6.20 Å². The van der Waals surface area contributed by atoms with Crippen LogP contribution in [0.3, 0.4) is 0 Å². The van der Waals surface area contributed by atoms with E-state index in [4.69, 9.17) is 0 Å². The van der Waals surface area contributed by atoms with E-state index >= 15 is 0 Å². The molecule has 1 aromatic carbocycles. The Morgan fingerprint density at radius 3 is 3.00 bits per heavy atom. The number of hydrogen-bond acceptors (Lipinski definition) is 2. The average molecular weight is 223 g/mol. The van der Waals surface area contributed by atoms with E-state index in [9.17, 15) is 5.11 Å². The molecule has 84 valence electrons. The van der Waals surface area contributed by atoms with Gasteiger partial charge in [-0.1, -0.05) is 0 Å². The number of benzene rings is 1. The Kier molecular flexibility index (Phi) is 2.56. The quantitative estimate of drug-likeness (QED) is 0.806. The predicted octanol–water partition coefficient (Wildman–Crippen LogP) is 2.93. The molecule has 2 nitrogen and oxygen atoms in total. The summed E-state index contributed by atoms with van der Waals surface area (Å²) >= 11 is 0. The third-order valence-electron chi connectivity index (χ3n) is 3.29. The van der Waals surface area contributed by atoms with Crippen molar-refractivity contribution in [2.24, 2.45) is 0 Å². The summed E-state index contributed by atoms with van der Waals surface area (Å²) < 4.78 is 0. The minimum Gasteiger partial charge on any atom is -0.507 e. The van der Waals surface area contributed by atoms with Crippen LogP contribution in [0.25, 0.3) is 11.3 Å². The van der Waals surface area contributed by atoms with E-state index in [2.05, 4.69) is 23.2 Å². The first-order valence-corrected chi connectivity index (χ1v) is 5.94. The number of pyridine rings is 1. The molecule has 1 aliphatic carbocycles. The molecule has 1 heterocycles. The van der Waals surface area contributed by atoms with Crippen molar-refractivity contribution in [2.45, 2.75) is 25.7 Å². The number of hydrogen-bond donors (Lipinski definition) is 1. The van der Waals surface area contributed by atoms with Gasteiger partial charge in [0, 0.05) is 6.20 Å². The molecule has 0 saturated carbocycles. The predicted molar refractivity (Wildman–Crippen MR) is 65.7 cm³/mol. The fourth-order valence-corrected chi connectivity index (χ4v) is 2.45. The van der Waals surface area contributed by atoms with Crippen LogP contribution >= 0.6 is 0 Å². The topological polar surface area (TPSA) is 33.1 Å². The molecule has 0 amide bonds. The first-order valence-electron chi connectivity index (χ1n) is 5.94. The van der Waals surface area contributed by atoms with Crippen LogP contribution in [0.2, 0.25) is 0 Å². The second-order valence-corrected chi connectivity index (χ2v) is 4.36. The van der Waals surface area contributed by atoms with Crippen molar-refractivity contribution in [3.63, 3.8) is 0 Å². The highest BCUT2D eigenvalue weighted by Crippen LogP contribution is 2.33. The van der Waals surface area contributed by atoms with Gasteiger partial charge in [-0.25, -0.2) is 0 Å². The lowest BCUT2D eigenvalue weighted by molar-refractivity contribution is 0.476. The summed E-state index contributed by atoms with van der Waals surface area (Å²) in [5.74, 6) is 0.207. The van der Waals surface area contributed by atoms with Gasteiger partial charge in [0.25, 0.3) is 0 Å². The second-order valence-electron chi connectivity index (χ2n) is 4.36. The zero-order valence-corrected chi connectivity index (χ0v) is 9.53. The molecular formula is C15H13NO. The number of phenols is 1. The minimum atomic E-state index is 0.207. The summed E-state index contributed by atoms with van der Waals surface area (Å²) in [5, 5.41) is 9.86. The highest BCUT2D eigenvalue weighted by molar-refractivity contribution is 5.70. The van der Waals surface area contributed by atoms with E-state index in [0.717, 1.165) is 18.5 Å². The van der Waals surface area contributed by atoms with Crippen LogP contribution in [0.4, 0.5) is 0 Å². The van der Waals surface area contributed by atoms with Gasteiger partial charge in [0.1, 0.15) is 5.75 Å². The van der Waals surface area contributed by atoms with E-state index in [-0.39, 0.29) is 5.75 Å². The standard InChI is InChI=1S/C15H13NO/c17-14-8-4-3-7-13(14)15-12-6-2-1-5-11(12)9-10-16-15/h3,8-10,17H,1-2,5-6H2. The molecule has 2 radical (unpaired) electrons. The summed E-state index contributed by atoms with van der Waals surface area (Å²) in [4.78, 5) is 4.42. The van der Waals surface area contributed by atoms with Crippen LogP contribution in [0.1, 0.15) is 24.0 Å². The maximum Gasteiger partial charge on any atom is 0.126 e.